The van der Waals surface area contributed by atoms with Crippen molar-refractivity contribution in [2.45, 2.75) is 51.2 Å². The Kier molecular flexibility index (Phi) is 6.59. The quantitative estimate of drug-likeness (QED) is 0.543. The molecule has 148 valence electrons. The summed E-state index contributed by atoms with van der Waals surface area (Å²) >= 11 is 1.39. The molecule has 0 amide bonds. The van der Waals surface area contributed by atoms with Gasteiger partial charge in [-0.2, -0.15) is 13.2 Å². The molecule has 27 heavy (non-hydrogen) atoms. The molecule has 0 saturated carbocycles. The van der Waals surface area contributed by atoms with E-state index in [2.05, 4.69) is 15.6 Å². The fourth-order valence-corrected chi connectivity index (χ4v) is 3.84. The molecule has 0 radical (unpaired) electrons. The summed E-state index contributed by atoms with van der Waals surface area (Å²) in [7, 11) is 0. The molecule has 0 bridgehead atoms. The molecule has 1 aliphatic rings. The zero-order valence-corrected chi connectivity index (χ0v) is 16.1. The summed E-state index contributed by atoms with van der Waals surface area (Å²) in [6.07, 6.45) is 0.337. The van der Waals surface area contributed by atoms with E-state index in [1.165, 1.54) is 17.4 Å². The van der Waals surface area contributed by atoms with Crippen LogP contribution < -0.4 is 15.4 Å². The van der Waals surface area contributed by atoms with Crippen LogP contribution in [0, 0.1) is 0 Å². The van der Waals surface area contributed by atoms with Crippen molar-refractivity contribution in [1.29, 1.82) is 0 Å². The molecule has 1 aliphatic heterocycles. The highest BCUT2D eigenvalue weighted by Crippen LogP contribution is 2.39. The molecular formula is C19H24F3N3OS. The van der Waals surface area contributed by atoms with Crippen LogP contribution in [0.3, 0.4) is 0 Å². The molecule has 1 aromatic carbocycles. The van der Waals surface area contributed by atoms with E-state index in [1.807, 2.05) is 12.3 Å². The summed E-state index contributed by atoms with van der Waals surface area (Å²) in [4.78, 5) is 4.50. The number of hydrogen-bond acceptors (Lipinski definition) is 5. The molecule has 0 spiro atoms. The first-order chi connectivity index (χ1) is 13.0. The van der Waals surface area contributed by atoms with Crippen molar-refractivity contribution >= 4 is 22.2 Å². The largest absolute Gasteiger partial charge is 0.493 e. The topological polar surface area (TPSA) is 46.2 Å². The predicted molar refractivity (Wildman–Crippen MR) is 102 cm³/mol. The second kappa shape index (κ2) is 8.93. The first-order valence-corrected chi connectivity index (χ1v) is 10.1. The zero-order valence-electron chi connectivity index (χ0n) is 15.2. The molecule has 1 unspecified atom stereocenters. The monoisotopic (exact) mass is 399 g/mol. The third kappa shape index (κ3) is 5.35. The summed E-state index contributed by atoms with van der Waals surface area (Å²) in [5.74, 6) is -0.126. The van der Waals surface area contributed by atoms with Crippen LogP contribution in [0.5, 0.6) is 5.75 Å². The lowest BCUT2D eigenvalue weighted by Crippen LogP contribution is -2.13. The van der Waals surface area contributed by atoms with E-state index in [0.717, 1.165) is 50.4 Å². The van der Waals surface area contributed by atoms with Crippen LogP contribution in [-0.2, 0) is 6.18 Å². The van der Waals surface area contributed by atoms with Gasteiger partial charge in [-0.05, 0) is 44.0 Å². The number of nitrogens with one attached hydrogen (secondary N) is 2. The maximum Gasteiger partial charge on any atom is 0.420 e. The molecule has 2 heterocycles. The van der Waals surface area contributed by atoms with Crippen molar-refractivity contribution in [3.8, 4) is 5.75 Å². The van der Waals surface area contributed by atoms with Gasteiger partial charge in [0, 0.05) is 11.1 Å². The summed E-state index contributed by atoms with van der Waals surface area (Å²) in [6, 6.07) is 4.30. The Morgan fingerprint density at radius 3 is 2.89 bits per heavy atom. The standard InChI is InChI=1S/C19H24F3N3OS/c1-2-3-4-10-26-17-8-7-13(11-14(17)19(20,21)22)24-18-25-16(12-27-18)15-6-5-9-23-15/h7-8,11-12,15,23H,2-6,9-10H2,1H3,(H,24,25). The number of rotatable bonds is 8. The fourth-order valence-electron chi connectivity index (χ4n) is 3.05. The van der Waals surface area contributed by atoms with Crippen molar-refractivity contribution in [2.24, 2.45) is 0 Å². The van der Waals surface area contributed by atoms with E-state index in [-0.39, 0.29) is 18.4 Å². The molecule has 0 aliphatic carbocycles. The Bertz CT molecular complexity index is 742. The fraction of sp³-hybridized carbons (Fsp3) is 0.526. The summed E-state index contributed by atoms with van der Waals surface area (Å²) in [5.41, 5.74) is 0.522. The molecule has 1 saturated heterocycles. The Morgan fingerprint density at radius 2 is 2.19 bits per heavy atom. The second-order valence-electron chi connectivity index (χ2n) is 6.62. The van der Waals surface area contributed by atoms with Crippen LogP contribution in [0.15, 0.2) is 23.6 Å². The SMILES string of the molecule is CCCCCOc1ccc(Nc2nc(C3CCCN3)cs2)cc1C(F)(F)F. The van der Waals surface area contributed by atoms with Crippen molar-refractivity contribution in [3.05, 3.63) is 34.8 Å². The van der Waals surface area contributed by atoms with Gasteiger partial charge in [-0.1, -0.05) is 19.8 Å². The van der Waals surface area contributed by atoms with Crippen molar-refractivity contribution in [1.82, 2.24) is 10.3 Å². The Balaban J connectivity index is 1.72. The van der Waals surface area contributed by atoms with E-state index in [9.17, 15) is 13.2 Å². The van der Waals surface area contributed by atoms with Gasteiger partial charge in [0.1, 0.15) is 5.75 Å². The lowest BCUT2D eigenvalue weighted by atomic mass is 10.1. The Morgan fingerprint density at radius 1 is 1.33 bits per heavy atom. The van der Waals surface area contributed by atoms with E-state index in [4.69, 9.17) is 4.74 Å². The number of halogens is 3. The third-order valence-corrected chi connectivity index (χ3v) is 5.26. The summed E-state index contributed by atoms with van der Waals surface area (Å²) < 4.78 is 45.6. The van der Waals surface area contributed by atoms with Crippen molar-refractivity contribution < 1.29 is 17.9 Å². The van der Waals surface area contributed by atoms with Crippen LogP contribution in [0.1, 0.15) is 56.3 Å². The predicted octanol–water partition coefficient (Wildman–Crippen LogP) is 5.90. The van der Waals surface area contributed by atoms with Crippen LogP contribution in [0.25, 0.3) is 0 Å². The van der Waals surface area contributed by atoms with Gasteiger partial charge in [-0.15, -0.1) is 11.3 Å². The number of aromatic nitrogens is 1. The number of anilines is 2. The first kappa shape index (κ1) is 19.9. The van der Waals surface area contributed by atoms with E-state index in [1.54, 1.807) is 6.07 Å². The van der Waals surface area contributed by atoms with Gasteiger partial charge < -0.3 is 15.4 Å². The van der Waals surface area contributed by atoms with Gasteiger partial charge in [0.15, 0.2) is 5.13 Å². The highest BCUT2D eigenvalue weighted by Gasteiger charge is 2.34. The minimum Gasteiger partial charge on any atom is -0.493 e. The van der Waals surface area contributed by atoms with E-state index >= 15 is 0 Å². The molecule has 1 fully saturated rings. The van der Waals surface area contributed by atoms with Gasteiger partial charge in [0.2, 0.25) is 0 Å². The number of ether oxygens (including phenoxy) is 1. The van der Waals surface area contributed by atoms with E-state index < -0.39 is 11.7 Å². The zero-order chi connectivity index (χ0) is 19.3. The van der Waals surface area contributed by atoms with Crippen LogP contribution in [-0.4, -0.2) is 18.1 Å². The molecule has 2 aromatic rings. The highest BCUT2D eigenvalue weighted by atomic mass is 32.1. The van der Waals surface area contributed by atoms with Gasteiger partial charge in [0.25, 0.3) is 0 Å². The van der Waals surface area contributed by atoms with E-state index in [0.29, 0.717) is 10.8 Å². The smallest absolute Gasteiger partial charge is 0.420 e. The number of nitrogens with zero attached hydrogens (tertiary/aromatic N) is 1. The van der Waals surface area contributed by atoms with Crippen LogP contribution in [0.4, 0.5) is 24.0 Å². The van der Waals surface area contributed by atoms with Gasteiger partial charge in [-0.25, -0.2) is 4.98 Å². The number of thiazole rings is 1. The van der Waals surface area contributed by atoms with Crippen molar-refractivity contribution in [2.75, 3.05) is 18.5 Å². The van der Waals surface area contributed by atoms with Gasteiger partial charge in [-0.3, -0.25) is 0 Å². The Labute approximate surface area is 161 Å². The second-order valence-corrected chi connectivity index (χ2v) is 7.47. The lowest BCUT2D eigenvalue weighted by Gasteiger charge is -2.15. The maximum atomic E-state index is 13.4. The molecule has 2 N–H and O–H groups in total. The highest BCUT2D eigenvalue weighted by molar-refractivity contribution is 7.13. The third-order valence-electron chi connectivity index (χ3n) is 4.48. The Hall–Kier alpha value is -1.80. The van der Waals surface area contributed by atoms with Crippen LogP contribution in [0.2, 0.25) is 0 Å². The minimum absolute atomic E-state index is 0.126. The van der Waals surface area contributed by atoms with Gasteiger partial charge >= 0.3 is 6.18 Å². The average Bonchev–Trinajstić information content (AvgIpc) is 3.30. The molecule has 1 atom stereocenters. The number of alkyl halides is 3. The molecule has 4 nitrogen and oxygen atoms in total. The number of hydrogen-bond donors (Lipinski definition) is 2. The normalized spacial score (nSPS) is 17.3. The lowest BCUT2D eigenvalue weighted by molar-refractivity contribution is -0.138. The van der Waals surface area contributed by atoms with Crippen molar-refractivity contribution in [3.63, 3.8) is 0 Å². The van der Waals surface area contributed by atoms with Gasteiger partial charge in [0.05, 0.1) is 23.9 Å². The molecular weight excluding hydrogens is 375 g/mol. The molecule has 3 rings (SSSR count). The molecule has 8 heteroatoms. The summed E-state index contributed by atoms with van der Waals surface area (Å²) in [6.45, 7) is 3.29. The maximum absolute atomic E-state index is 13.4. The van der Waals surface area contributed by atoms with Crippen LogP contribution >= 0.6 is 11.3 Å². The molecule has 1 aromatic heterocycles. The number of benzene rings is 1. The first-order valence-electron chi connectivity index (χ1n) is 9.27. The minimum atomic E-state index is -4.47. The average molecular weight is 399 g/mol. The number of unbranched alkanes of at least 4 members (excludes halogenated alkanes) is 2. The summed E-state index contributed by atoms with van der Waals surface area (Å²) in [5, 5.41) is 8.89.